The molecule has 1 aromatic rings. The van der Waals surface area contributed by atoms with E-state index in [-0.39, 0.29) is 0 Å². The van der Waals surface area contributed by atoms with Crippen molar-refractivity contribution in [2.45, 2.75) is 25.8 Å². The standard InChI is InChI=1S/C12H16BrNO/c1-9-8-11(2-3-12(9)13)14-10-4-6-15-7-5-10/h2-3,8,10,14H,4-7H2,1H3. The summed E-state index contributed by atoms with van der Waals surface area (Å²) in [6.45, 7) is 3.87. The molecule has 0 aromatic heterocycles. The van der Waals surface area contributed by atoms with Crippen LogP contribution in [0.15, 0.2) is 22.7 Å². The Balaban J connectivity index is 2.00. The summed E-state index contributed by atoms with van der Waals surface area (Å²) in [6, 6.07) is 6.96. The molecule has 1 aliphatic heterocycles. The van der Waals surface area contributed by atoms with Crippen molar-refractivity contribution in [2.75, 3.05) is 18.5 Å². The second-order valence-corrected chi connectivity index (χ2v) is 4.85. The maximum absolute atomic E-state index is 5.33. The molecule has 3 heteroatoms. The molecule has 1 aliphatic rings. The molecular weight excluding hydrogens is 254 g/mol. The first kappa shape index (κ1) is 11.0. The predicted molar refractivity (Wildman–Crippen MR) is 66.3 cm³/mol. The fourth-order valence-corrected chi connectivity index (χ4v) is 2.06. The van der Waals surface area contributed by atoms with Crippen molar-refractivity contribution in [3.05, 3.63) is 28.2 Å². The van der Waals surface area contributed by atoms with Crippen LogP contribution in [0.4, 0.5) is 5.69 Å². The highest BCUT2D eigenvalue weighted by Gasteiger charge is 2.13. The van der Waals surface area contributed by atoms with Crippen molar-refractivity contribution in [1.82, 2.24) is 0 Å². The lowest BCUT2D eigenvalue weighted by Crippen LogP contribution is -2.27. The first-order valence-corrected chi connectivity index (χ1v) is 6.15. The Morgan fingerprint density at radius 1 is 1.33 bits per heavy atom. The van der Waals surface area contributed by atoms with E-state index < -0.39 is 0 Å². The molecule has 2 rings (SSSR count). The van der Waals surface area contributed by atoms with Crippen molar-refractivity contribution in [3.8, 4) is 0 Å². The minimum absolute atomic E-state index is 0.569. The van der Waals surface area contributed by atoms with Gasteiger partial charge in [-0.2, -0.15) is 0 Å². The highest BCUT2D eigenvalue weighted by atomic mass is 79.9. The van der Waals surface area contributed by atoms with E-state index in [1.807, 2.05) is 0 Å². The summed E-state index contributed by atoms with van der Waals surface area (Å²) in [4.78, 5) is 0. The molecule has 0 aliphatic carbocycles. The first-order chi connectivity index (χ1) is 7.25. The lowest BCUT2D eigenvalue weighted by Gasteiger charge is -2.24. The van der Waals surface area contributed by atoms with Gasteiger partial charge in [-0.05, 0) is 43.5 Å². The highest BCUT2D eigenvalue weighted by molar-refractivity contribution is 9.10. The Morgan fingerprint density at radius 3 is 2.73 bits per heavy atom. The molecule has 0 unspecified atom stereocenters. The molecule has 0 radical (unpaired) electrons. The van der Waals surface area contributed by atoms with E-state index in [0.29, 0.717) is 6.04 Å². The smallest absolute Gasteiger partial charge is 0.0485 e. The minimum Gasteiger partial charge on any atom is -0.382 e. The van der Waals surface area contributed by atoms with E-state index >= 15 is 0 Å². The average molecular weight is 270 g/mol. The normalized spacial score (nSPS) is 17.7. The van der Waals surface area contributed by atoms with Crippen molar-refractivity contribution in [3.63, 3.8) is 0 Å². The van der Waals surface area contributed by atoms with E-state index in [1.54, 1.807) is 0 Å². The van der Waals surface area contributed by atoms with Gasteiger partial charge in [0.25, 0.3) is 0 Å². The average Bonchev–Trinajstić information content (AvgIpc) is 2.25. The number of benzene rings is 1. The van der Waals surface area contributed by atoms with E-state index in [0.717, 1.165) is 26.1 Å². The van der Waals surface area contributed by atoms with Gasteiger partial charge in [0.1, 0.15) is 0 Å². The van der Waals surface area contributed by atoms with Crippen LogP contribution in [0.1, 0.15) is 18.4 Å². The van der Waals surface area contributed by atoms with E-state index in [4.69, 9.17) is 4.74 Å². The maximum atomic E-state index is 5.33. The second-order valence-electron chi connectivity index (χ2n) is 3.99. The van der Waals surface area contributed by atoms with Gasteiger partial charge in [-0.1, -0.05) is 15.9 Å². The van der Waals surface area contributed by atoms with Crippen LogP contribution in [0.5, 0.6) is 0 Å². The van der Waals surface area contributed by atoms with Crippen molar-refractivity contribution >= 4 is 21.6 Å². The highest BCUT2D eigenvalue weighted by Crippen LogP contribution is 2.22. The van der Waals surface area contributed by atoms with Crippen molar-refractivity contribution in [2.24, 2.45) is 0 Å². The zero-order chi connectivity index (χ0) is 10.7. The van der Waals surface area contributed by atoms with Gasteiger partial charge < -0.3 is 10.1 Å². The second kappa shape index (κ2) is 4.99. The predicted octanol–water partition coefficient (Wildman–Crippen LogP) is 3.35. The molecule has 0 saturated carbocycles. The third-order valence-electron chi connectivity index (χ3n) is 2.75. The largest absolute Gasteiger partial charge is 0.382 e. The molecule has 1 fully saturated rings. The number of halogens is 1. The number of hydrogen-bond donors (Lipinski definition) is 1. The zero-order valence-corrected chi connectivity index (χ0v) is 10.5. The van der Waals surface area contributed by atoms with Gasteiger partial charge in [0.2, 0.25) is 0 Å². The Labute approximate surface area is 99.1 Å². The number of rotatable bonds is 2. The molecule has 1 saturated heterocycles. The maximum Gasteiger partial charge on any atom is 0.0485 e. The van der Waals surface area contributed by atoms with E-state index in [2.05, 4.69) is 46.4 Å². The Kier molecular flexibility index (Phi) is 3.65. The summed E-state index contributed by atoms with van der Waals surface area (Å²) in [7, 11) is 0. The topological polar surface area (TPSA) is 21.3 Å². The van der Waals surface area contributed by atoms with Crippen LogP contribution in [0.3, 0.4) is 0 Å². The molecule has 0 amide bonds. The Hall–Kier alpha value is -0.540. The molecule has 2 nitrogen and oxygen atoms in total. The third kappa shape index (κ3) is 2.95. The van der Waals surface area contributed by atoms with Crippen LogP contribution in [-0.2, 0) is 4.74 Å². The van der Waals surface area contributed by atoms with Gasteiger partial charge in [0.15, 0.2) is 0 Å². The summed E-state index contributed by atoms with van der Waals surface area (Å²) in [6.07, 6.45) is 2.21. The van der Waals surface area contributed by atoms with Crippen LogP contribution in [0.2, 0.25) is 0 Å². The molecule has 15 heavy (non-hydrogen) atoms. The van der Waals surface area contributed by atoms with Crippen molar-refractivity contribution in [1.29, 1.82) is 0 Å². The van der Waals surface area contributed by atoms with Crippen LogP contribution in [0, 0.1) is 6.92 Å². The zero-order valence-electron chi connectivity index (χ0n) is 8.92. The van der Waals surface area contributed by atoms with E-state index in [1.165, 1.54) is 15.7 Å². The number of nitrogens with one attached hydrogen (secondary N) is 1. The van der Waals surface area contributed by atoms with Gasteiger partial charge in [0, 0.05) is 29.4 Å². The minimum atomic E-state index is 0.569. The monoisotopic (exact) mass is 269 g/mol. The van der Waals surface area contributed by atoms with Gasteiger partial charge in [-0.3, -0.25) is 0 Å². The molecule has 1 aromatic carbocycles. The lowest BCUT2D eigenvalue weighted by molar-refractivity contribution is 0.0904. The molecular formula is C12H16BrNO. The van der Waals surface area contributed by atoms with Crippen LogP contribution in [-0.4, -0.2) is 19.3 Å². The van der Waals surface area contributed by atoms with Gasteiger partial charge in [0.05, 0.1) is 0 Å². The summed E-state index contributed by atoms with van der Waals surface area (Å²) in [5, 5.41) is 3.55. The summed E-state index contributed by atoms with van der Waals surface area (Å²) in [5.41, 5.74) is 2.48. The summed E-state index contributed by atoms with van der Waals surface area (Å²) >= 11 is 3.51. The molecule has 0 bridgehead atoms. The fraction of sp³-hybridized carbons (Fsp3) is 0.500. The number of aryl methyl sites for hydroxylation is 1. The quantitative estimate of drug-likeness (QED) is 0.889. The first-order valence-electron chi connectivity index (χ1n) is 5.36. The molecule has 1 heterocycles. The molecule has 0 spiro atoms. The van der Waals surface area contributed by atoms with Gasteiger partial charge in [-0.15, -0.1) is 0 Å². The fourth-order valence-electron chi connectivity index (χ4n) is 1.81. The molecule has 82 valence electrons. The SMILES string of the molecule is Cc1cc(NC2CCOCC2)ccc1Br. The Bertz CT molecular complexity index is 334. The summed E-state index contributed by atoms with van der Waals surface area (Å²) < 4.78 is 6.50. The third-order valence-corrected chi connectivity index (χ3v) is 3.64. The lowest BCUT2D eigenvalue weighted by atomic mass is 10.1. The Morgan fingerprint density at radius 2 is 2.07 bits per heavy atom. The number of hydrogen-bond acceptors (Lipinski definition) is 2. The van der Waals surface area contributed by atoms with Crippen LogP contribution >= 0.6 is 15.9 Å². The number of anilines is 1. The molecule has 1 N–H and O–H groups in total. The van der Waals surface area contributed by atoms with Crippen LogP contribution in [0.25, 0.3) is 0 Å². The van der Waals surface area contributed by atoms with E-state index in [9.17, 15) is 0 Å². The van der Waals surface area contributed by atoms with Crippen LogP contribution < -0.4 is 5.32 Å². The van der Waals surface area contributed by atoms with Gasteiger partial charge in [-0.25, -0.2) is 0 Å². The molecule has 0 atom stereocenters. The number of ether oxygens (including phenoxy) is 1. The van der Waals surface area contributed by atoms with Crippen molar-refractivity contribution < 1.29 is 4.74 Å². The summed E-state index contributed by atoms with van der Waals surface area (Å²) in [5.74, 6) is 0. The van der Waals surface area contributed by atoms with Gasteiger partial charge >= 0.3 is 0 Å².